The SMILES string of the molecule is COc1cc2c(cc1O)CCN(Cc1cccc(C(C)=O)c1)C2. The second-order valence-electron chi connectivity index (χ2n) is 6.01. The number of fused-ring (bicyclic) bond motifs is 1. The van der Waals surface area contributed by atoms with E-state index in [1.54, 1.807) is 14.0 Å². The number of carbonyl (C=O) groups excluding carboxylic acids is 1. The van der Waals surface area contributed by atoms with Gasteiger partial charge < -0.3 is 9.84 Å². The first kappa shape index (κ1) is 15.6. The number of phenolic OH excluding ortho intramolecular Hbond substituents is 1. The van der Waals surface area contributed by atoms with Gasteiger partial charge in [-0.25, -0.2) is 0 Å². The first-order valence-electron chi connectivity index (χ1n) is 7.78. The molecule has 0 aliphatic carbocycles. The van der Waals surface area contributed by atoms with Gasteiger partial charge in [0.15, 0.2) is 17.3 Å². The molecule has 2 aromatic rings. The molecule has 1 N–H and O–H groups in total. The summed E-state index contributed by atoms with van der Waals surface area (Å²) in [5, 5.41) is 9.88. The van der Waals surface area contributed by atoms with Crippen molar-refractivity contribution in [2.45, 2.75) is 26.4 Å². The van der Waals surface area contributed by atoms with Crippen LogP contribution in [0.15, 0.2) is 36.4 Å². The minimum atomic E-state index is 0.0936. The first-order valence-corrected chi connectivity index (χ1v) is 7.78. The van der Waals surface area contributed by atoms with E-state index in [1.807, 2.05) is 30.3 Å². The fraction of sp³-hybridized carbons (Fsp3) is 0.316. The third-order valence-corrected chi connectivity index (χ3v) is 4.33. The third-order valence-electron chi connectivity index (χ3n) is 4.33. The zero-order chi connectivity index (χ0) is 16.4. The van der Waals surface area contributed by atoms with E-state index >= 15 is 0 Å². The van der Waals surface area contributed by atoms with Crippen molar-refractivity contribution in [2.75, 3.05) is 13.7 Å². The van der Waals surface area contributed by atoms with Crippen LogP contribution >= 0.6 is 0 Å². The number of aromatic hydroxyl groups is 1. The van der Waals surface area contributed by atoms with Crippen LogP contribution in [0, 0.1) is 0 Å². The monoisotopic (exact) mass is 311 g/mol. The van der Waals surface area contributed by atoms with E-state index < -0.39 is 0 Å². The van der Waals surface area contributed by atoms with Gasteiger partial charge in [-0.1, -0.05) is 18.2 Å². The number of ketones is 1. The molecule has 0 spiro atoms. The van der Waals surface area contributed by atoms with E-state index in [0.717, 1.165) is 37.2 Å². The Morgan fingerprint density at radius 2 is 2.09 bits per heavy atom. The highest BCUT2D eigenvalue weighted by molar-refractivity contribution is 5.94. The molecule has 1 aliphatic rings. The van der Waals surface area contributed by atoms with E-state index in [4.69, 9.17) is 4.74 Å². The Morgan fingerprint density at radius 1 is 1.26 bits per heavy atom. The lowest BCUT2D eigenvalue weighted by Crippen LogP contribution is -2.30. The molecule has 23 heavy (non-hydrogen) atoms. The molecular weight excluding hydrogens is 290 g/mol. The number of hydrogen-bond donors (Lipinski definition) is 1. The summed E-state index contributed by atoms with van der Waals surface area (Å²) in [4.78, 5) is 13.9. The molecule has 0 aromatic heterocycles. The molecule has 3 rings (SSSR count). The van der Waals surface area contributed by atoms with Crippen molar-refractivity contribution in [2.24, 2.45) is 0 Å². The Morgan fingerprint density at radius 3 is 2.83 bits per heavy atom. The topological polar surface area (TPSA) is 49.8 Å². The van der Waals surface area contributed by atoms with E-state index in [0.29, 0.717) is 5.75 Å². The van der Waals surface area contributed by atoms with Gasteiger partial charge in [-0.15, -0.1) is 0 Å². The van der Waals surface area contributed by atoms with Gasteiger partial charge in [0.1, 0.15) is 0 Å². The molecule has 0 atom stereocenters. The Balaban J connectivity index is 1.77. The van der Waals surface area contributed by atoms with Crippen molar-refractivity contribution < 1.29 is 14.6 Å². The van der Waals surface area contributed by atoms with Crippen molar-refractivity contribution in [3.05, 3.63) is 58.7 Å². The van der Waals surface area contributed by atoms with Crippen LogP contribution in [0.3, 0.4) is 0 Å². The average molecular weight is 311 g/mol. The van der Waals surface area contributed by atoms with Crippen molar-refractivity contribution in [3.8, 4) is 11.5 Å². The van der Waals surface area contributed by atoms with Crippen LogP contribution in [0.25, 0.3) is 0 Å². The summed E-state index contributed by atoms with van der Waals surface area (Å²) in [6, 6.07) is 11.5. The minimum absolute atomic E-state index is 0.0936. The highest BCUT2D eigenvalue weighted by Gasteiger charge is 2.19. The Labute approximate surface area is 136 Å². The number of carbonyl (C=O) groups is 1. The van der Waals surface area contributed by atoms with Gasteiger partial charge in [0.05, 0.1) is 7.11 Å². The molecule has 0 fully saturated rings. The third kappa shape index (κ3) is 3.37. The van der Waals surface area contributed by atoms with Crippen molar-refractivity contribution in [3.63, 3.8) is 0 Å². The van der Waals surface area contributed by atoms with Crippen molar-refractivity contribution >= 4 is 5.78 Å². The molecule has 0 bridgehead atoms. The van der Waals surface area contributed by atoms with Gasteiger partial charge in [0, 0.05) is 25.2 Å². The Hall–Kier alpha value is -2.33. The summed E-state index contributed by atoms with van der Waals surface area (Å²) < 4.78 is 5.20. The number of phenols is 1. The number of hydrogen-bond acceptors (Lipinski definition) is 4. The van der Waals surface area contributed by atoms with E-state index in [1.165, 1.54) is 11.1 Å². The van der Waals surface area contributed by atoms with Gasteiger partial charge in [0.2, 0.25) is 0 Å². The van der Waals surface area contributed by atoms with Crippen molar-refractivity contribution in [1.29, 1.82) is 0 Å². The molecule has 120 valence electrons. The number of rotatable bonds is 4. The second-order valence-corrected chi connectivity index (χ2v) is 6.01. The molecule has 1 heterocycles. The van der Waals surface area contributed by atoms with Gasteiger partial charge in [-0.2, -0.15) is 0 Å². The van der Waals surface area contributed by atoms with Crippen LogP contribution in [-0.4, -0.2) is 29.4 Å². The number of methoxy groups -OCH3 is 1. The number of nitrogens with zero attached hydrogens (tertiary/aromatic N) is 1. The molecule has 4 nitrogen and oxygen atoms in total. The molecule has 0 unspecified atom stereocenters. The summed E-state index contributed by atoms with van der Waals surface area (Å²) in [5.74, 6) is 0.814. The maximum atomic E-state index is 11.5. The zero-order valence-electron chi connectivity index (χ0n) is 13.5. The van der Waals surface area contributed by atoms with Gasteiger partial charge >= 0.3 is 0 Å². The van der Waals surface area contributed by atoms with E-state index in [-0.39, 0.29) is 11.5 Å². The van der Waals surface area contributed by atoms with Crippen LogP contribution in [0.4, 0.5) is 0 Å². The number of benzene rings is 2. The number of Topliss-reactive ketones (excluding diaryl/α,β-unsaturated/α-hetero) is 1. The molecule has 0 saturated heterocycles. The summed E-state index contributed by atoms with van der Waals surface area (Å²) in [5.41, 5.74) is 4.27. The zero-order valence-corrected chi connectivity index (χ0v) is 13.5. The lowest BCUT2D eigenvalue weighted by Gasteiger charge is -2.29. The lowest BCUT2D eigenvalue weighted by atomic mass is 9.98. The standard InChI is InChI=1S/C19H21NO3/c1-13(21)15-5-3-4-14(8-15)11-20-7-6-16-9-18(22)19(23-2)10-17(16)12-20/h3-5,8-10,22H,6-7,11-12H2,1-2H3. The largest absolute Gasteiger partial charge is 0.504 e. The smallest absolute Gasteiger partial charge is 0.160 e. The average Bonchev–Trinajstić information content (AvgIpc) is 2.54. The predicted octanol–water partition coefficient (Wildman–Crippen LogP) is 3.16. The van der Waals surface area contributed by atoms with Gasteiger partial charge in [-0.05, 0) is 48.2 Å². The summed E-state index contributed by atoms with van der Waals surface area (Å²) in [6.45, 7) is 4.15. The summed E-state index contributed by atoms with van der Waals surface area (Å²) in [7, 11) is 1.56. The van der Waals surface area contributed by atoms with E-state index in [2.05, 4.69) is 11.0 Å². The second kappa shape index (κ2) is 6.42. The molecular formula is C19H21NO3. The van der Waals surface area contributed by atoms with Crippen LogP contribution in [-0.2, 0) is 19.5 Å². The lowest BCUT2D eigenvalue weighted by molar-refractivity contribution is 0.101. The van der Waals surface area contributed by atoms with Gasteiger partial charge in [-0.3, -0.25) is 9.69 Å². The summed E-state index contributed by atoms with van der Waals surface area (Å²) in [6.07, 6.45) is 0.902. The highest BCUT2D eigenvalue weighted by Crippen LogP contribution is 2.32. The Bertz CT molecular complexity index is 739. The fourth-order valence-corrected chi connectivity index (χ4v) is 3.08. The molecule has 4 heteroatoms. The minimum Gasteiger partial charge on any atom is -0.504 e. The number of ether oxygens (including phenoxy) is 1. The van der Waals surface area contributed by atoms with Crippen molar-refractivity contribution in [1.82, 2.24) is 4.90 Å². The predicted molar refractivity (Wildman–Crippen MR) is 88.9 cm³/mol. The molecule has 2 aromatic carbocycles. The van der Waals surface area contributed by atoms with E-state index in [9.17, 15) is 9.90 Å². The van der Waals surface area contributed by atoms with Crippen LogP contribution < -0.4 is 4.74 Å². The molecule has 0 radical (unpaired) electrons. The normalized spacial score (nSPS) is 14.3. The molecule has 0 saturated carbocycles. The quantitative estimate of drug-likeness (QED) is 0.881. The van der Waals surface area contributed by atoms with Gasteiger partial charge in [0.25, 0.3) is 0 Å². The van der Waals surface area contributed by atoms with Crippen LogP contribution in [0.5, 0.6) is 11.5 Å². The fourth-order valence-electron chi connectivity index (χ4n) is 3.08. The molecule has 0 amide bonds. The molecule has 1 aliphatic heterocycles. The maximum absolute atomic E-state index is 11.5. The Kier molecular flexibility index (Phi) is 4.35. The van der Waals surface area contributed by atoms with Crippen LogP contribution in [0.1, 0.15) is 34.0 Å². The summed E-state index contributed by atoms with van der Waals surface area (Å²) >= 11 is 0. The van der Waals surface area contributed by atoms with Crippen LogP contribution in [0.2, 0.25) is 0 Å². The highest BCUT2D eigenvalue weighted by atomic mass is 16.5. The first-order chi connectivity index (χ1) is 11.1. The maximum Gasteiger partial charge on any atom is 0.160 e.